The van der Waals surface area contributed by atoms with E-state index in [0.29, 0.717) is 23.2 Å². The first kappa shape index (κ1) is 12.5. The second-order valence-corrected chi connectivity index (χ2v) is 5.24. The Morgan fingerprint density at radius 2 is 2.32 bits per heavy atom. The number of para-hydroxylation sites is 1. The summed E-state index contributed by atoms with van der Waals surface area (Å²) in [7, 11) is 0. The Bertz CT molecular complexity index is 632. The highest BCUT2D eigenvalue weighted by Crippen LogP contribution is 2.33. The summed E-state index contributed by atoms with van der Waals surface area (Å²) in [5, 5.41) is 5.80. The lowest BCUT2D eigenvalue weighted by Crippen LogP contribution is -2.08. The Hall–Kier alpha value is -1.55. The van der Waals surface area contributed by atoms with E-state index in [1.807, 2.05) is 22.9 Å². The Balaban J connectivity index is 2.11. The van der Waals surface area contributed by atoms with Crippen molar-refractivity contribution in [2.75, 3.05) is 6.61 Å². The largest absolute Gasteiger partial charge is 0.461 e. The number of hydrogen-bond acceptors (Lipinski definition) is 3. The highest BCUT2D eigenvalue weighted by molar-refractivity contribution is 6.35. The lowest BCUT2D eigenvalue weighted by Gasteiger charge is -2.02. The van der Waals surface area contributed by atoms with E-state index in [2.05, 4.69) is 5.10 Å². The third-order valence-electron chi connectivity index (χ3n) is 3.32. The molecule has 0 radical (unpaired) electrons. The van der Waals surface area contributed by atoms with Crippen LogP contribution in [0.15, 0.2) is 18.2 Å². The molecule has 2 aromatic rings. The van der Waals surface area contributed by atoms with Crippen molar-refractivity contribution in [3.63, 3.8) is 0 Å². The number of ether oxygens (including phenoxy) is 1. The molecule has 1 aromatic carbocycles. The molecule has 1 saturated carbocycles. The standard InChI is InChI=1S/C14H15ClN2O2/c1-2-19-14(18)12-10-4-3-5-11(15)13(10)17(16-12)8-9-6-7-9/h3-5,9H,2,6-8H2,1H3. The molecule has 1 aromatic heterocycles. The summed E-state index contributed by atoms with van der Waals surface area (Å²) in [5.74, 6) is 0.277. The lowest BCUT2D eigenvalue weighted by atomic mass is 10.2. The van der Waals surface area contributed by atoms with Gasteiger partial charge < -0.3 is 4.74 Å². The van der Waals surface area contributed by atoms with Gasteiger partial charge in [-0.2, -0.15) is 5.10 Å². The van der Waals surface area contributed by atoms with Gasteiger partial charge in [-0.25, -0.2) is 4.79 Å². The van der Waals surface area contributed by atoms with Gasteiger partial charge in [0.25, 0.3) is 0 Å². The number of rotatable bonds is 4. The van der Waals surface area contributed by atoms with Gasteiger partial charge in [0.2, 0.25) is 0 Å². The SMILES string of the molecule is CCOC(=O)c1nn(CC2CC2)c2c(Cl)cccc12. The fraction of sp³-hybridized carbons (Fsp3) is 0.429. The smallest absolute Gasteiger partial charge is 0.359 e. The van der Waals surface area contributed by atoms with Crippen molar-refractivity contribution in [2.45, 2.75) is 26.3 Å². The Labute approximate surface area is 116 Å². The van der Waals surface area contributed by atoms with Crippen LogP contribution < -0.4 is 0 Å². The van der Waals surface area contributed by atoms with Gasteiger partial charge in [-0.05, 0) is 31.7 Å². The van der Waals surface area contributed by atoms with E-state index in [1.165, 1.54) is 12.8 Å². The maximum absolute atomic E-state index is 11.9. The number of halogens is 1. The van der Waals surface area contributed by atoms with Crippen LogP contribution >= 0.6 is 11.6 Å². The molecule has 0 bridgehead atoms. The molecule has 5 heteroatoms. The van der Waals surface area contributed by atoms with E-state index < -0.39 is 0 Å². The molecule has 0 aliphatic heterocycles. The molecule has 0 amide bonds. The van der Waals surface area contributed by atoms with Crippen molar-refractivity contribution in [3.8, 4) is 0 Å². The molecule has 1 aliphatic carbocycles. The third kappa shape index (κ3) is 2.32. The molecule has 1 heterocycles. The number of fused-ring (bicyclic) bond motifs is 1. The molecule has 0 unspecified atom stereocenters. The summed E-state index contributed by atoms with van der Waals surface area (Å²) in [6.45, 7) is 2.95. The molecule has 0 atom stereocenters. The summed E-state index contributed by atoms with van der Waals surface area (Å²) in [5.41, 5.74) is 1.19. The predicted molar refractivity (Wildman–Crippen MR) is 73.4 cm³/mol. The number of carbonyl (C=O) groups excluding carboxylic acids is 1. The maximum Gasteiger partial charge on any atom is 0.359 e. The average molecular weight is 279 g/mol. The number of carbonyl (C=O) groups is 1. The first-order chi connectivity index (χ1) is 9.20. The quantitative estimate of drug-likeness (QED) is 0.806. The molecule has 1 aliphatic rings. The summed E-state index contributed by atoms with van der Waals surface area (Å²) in [6.07, 6.45) is 2.45. The fourth-order valence-electron chi connectivity index (χ4n) is 2.22. The van der Waals surface area contributed by atoms with E-state index >= 15 is 0 Å². The van der Waals surface area contributed by atoms with Crippen LogP contribution in [0.3, 0.4) is 0 Å². The minimum atomic E-state index is -0.385. The van der Waals surface area contributed by atoms with Crippen LogP contribution in [0, 0.1) is 5.92 Å². The molecule has 19 heavy (non-hydrogen) atoms. The van der Waals surface area contributed by atoms with Crippen LogP contribution in [0.1, 0.15) is 30.3 Å². The topological polar surface area (TPSA) is 44.1 Å². The summed E-state index contributed by atoms with van der Waals surface area (Å²) >= 11 is 6.25. The van der Waals surface area contributed by atoms with Crippen molar-refractivity contribution < 1.29 is 9.53 Å². The number of aromatic nitrogens is 2. The van der Waals surface area contributed by atoms with Crippen LogP contribution in [0.2, 0.25) is 5.02 Å². The summed E-state index contributed by atoms with van der Waals surface area (Å²) in [4.78, 5) is 11.9. The molecular formula is C14H15ClN2O2. The molecule has 3 rings (SSSR count). The van der Waals surface area contributed by atoms with Crippen molar-refractivity contribution in [1.82, 2.24) is 9.78 Å². The third-order valence-corrected chi connectivity index (χ3v) is 3.62. The Morgan fingerprint density at radius 1 is 1.53 bits per heavy atom. The first-order valence-corrected chi connectivity index (χ1v) is 6.90. The van der Waals surface area contributed by atoms with Crippen molar-refractivity contribution in [1.29, 1.82) is 0 Å². The van der Waals surface area contributed by atoms with Gasteiger partial charge in [-0.1, -0.05) is 23.7 Å². The van der Waals surface area contributed by atoms with Gasteiger partial charge in [-0.15, -0.1) is 0 Å². The van der Waals surface area contributed by atoms with E-state index in [-0.39, 0.29) is 5.97 Å². The second-order valence-electron chi connectivity index (χ2n) is 4.83. The zero-order valence-electron chi connectivity index (χ0n) is 10.7. The van der Waals surface area contributed by atoms with Crippen LogP contribution in [0.4, 0.5) is 0 Å². The fourth-order valence-corrected chi connectivity index (χ4v) is 2.49. The highest BCUT2D eigenvalue weighted by Gasteiger charge is 2.26. The predicted octanol–water partition coefficient (Wildman–Crippen LogP) is 3.28. The van der Waals surface area contributed by atoms with Crippen molar-refractivity contribution in [2.24, 2.45) is 5.92 Å². The lowest BCUT2D eigenvalue weighted by molar-refractivity contribution is 0.0520. The van der Waals surface area contributed by atoms with Crippen LogP contribution in [0.25, 0.3) is 10.9 Å². The molecule has 100 valence electrons. The average Bonchev–Trinajstić information content (AvgIpc) is 3.11. The van der Waals surface area contributed by atoms with Gasteiger partial charge in [-0.3, -0.25) is 4.68 Å². The van der Waals surface area contributed by atoms with Gasteiger partial charge in [0, 0.05) is 11.9 Å². The van der Waals surface area contributed by atoms with E-state index in [4.69, 9.17) is 16.3 Å². The summed E-state index contributed by atoms with van der Waals surface area (Å²) in [6, 6.07) is 5.52. The monoisotopic (exact) mass is 278 g/mol. The van der Waals surface area contributed by atoms with Crippen molar-refractivity contribution in [3.05, 3.63) is 28.9 Å². The highest BCUT2D eigenvalue weighted by atomic mass is 35.5. The number of hydrogen-bond donors (Lipinski definition) is 0. The number of nitrogens with zero attached hydrogens (tertiary/aromatic N) is 2. The van der Waals surface area contributed by atoms with Gasteiger partial charge in [0.05, 0.1) is 17.1 Å². The zero-order valence-corrected chi connectivity index (χ0v) is 11.5. The van der Waals surface area contributed by atoms with Crippen LogP contribution in [-0.4, -0.2) is 22.4 Å². The van der Waals surface area contributed by atoms with Crippen LogP contribution in [0.5, 0.6) is 0 Å². The minimum Gasteiger partial charge on any atom is -0.461 e. The number of benzene rings is 1. The van der Waals surface area contributed by atoms with Gasteiger partial charge in [0.15, 0.2) is 5.69 Å². The van der Waals surface area contributed by atoms with Crippen LogP contribution in [-0.2, 0) is 11.3 Å². The molecular weight excluding hydrogens is 264 g/mol. The molecule has 4 nitrogen and oxygen atoms in total. The molecule has 0 spiro atoms. The van der Waals surface area contributed by atoms with E-state index in [1.54, 1.807) is 6.92 Å². The van der Waals surface area contributed by atoms with E-state index in [0.717, 1.165) is 17.4 Å². The first-order valence-electron chi connectivity index (χ1n) is 6.53. The Morgan fingerprint density at radius 3 is 3.00 bits per heavy atom. The maximum atomic E-state index is 11.9. The molecule has 0 N–H and O–H groups in total. The normalized spacial score (nSPS) is 14.8. The van der Waals surface area contributed by atoms with Gasteiger partial charge >= 0.3 is 5.97 Å². The molecule has 0 saturated heterocycles. The zero-order chi connectivity index (χ0) is 13.4. The summed E-state index contributed by atoms with van der Waals surface area (Å²) < 4.78 is 6.90. The van der Waals surface area contributed by atoms with Crippen molar-refractivity contribution >= 4 is 28.5 Å². The number of esters is 1. The van der Waals surface area contributed by atoms with E-state index in [9.17, 15) is 4.79 Å². The van der Waals surface area contributed by atoms with Gasteiger partial charge in [0.1, 0.15) is 0 Å². The second kappa shape index (κ2) is 4.85. The minimum absolute atomic E-state index is 0.344. The Kier molecular flexibility index (Phi) is 3.19. The molecule has 1 fully saturated rings.